The Balaban J connectivity index is 1.99. The van der Waals surface area contributed by atoms with Crippen molar-refractivity contribution in [3.63, 3.8) is 0 Å². The molecule has 3 heteroatoms. The molecule has 17 heavy (non-hydrogen) atoms. The molecule has 2 unspecified atom stereocenters. The zero-order chi connectivity index (χ0) is 12.5. The summed E-state index contributed by atoms with van der Waals surface area (Å²) >= 11 is 2.11. The van der Waals surface area contributed by atoms with Gasteiger partial charge in [-0.2, -0.15) is 11.8 Å². The van der Waals surface area contributed by atoms with Crippen LogP contribution in [0.5, 0.6) is 0 Å². The van der Waals surface area contributed by atoms with Crippen molar-refractivity contribution in [2.45, 2.75) is 57.2 Å². The van der Waals surface area contributed by atoms with Crippen molar-refractivity contribution in [3.8, 4) is 0 Å². The molecule has 2 atom stereocenters. The van der Waals surface area contributed by atoms with Gasteiger partial charge in [0.15, 0.2) is 0 Å². The normalized spacial score (nSPS) is 38.5. The molecule has 0 spiro atoms. The predicted molar refractivity (Wildman–Crippen MR) is 77.5 cm³/mol. The van der Waals surface area contributed by atoms with E-state index in [4.69, 9.17) is 5.73 Å². The molecule has 2 aliphatic heterocycles. The van der Waals surface area contributed by atoms with Gasteiger partial charge in [-0.15, -0.1) is 0 Å². The molecule has 2 N–H and O–H groups in total. The van der Waals surface area contributed by atoms with Gasteiger partial charge < -0.3 is 5.73 Å². The average Bonchev–Trinajstić information content (AvgIpc) is 2.73. The Hall–Kier alpha value is 0.270. The number of nitrogens with zero attached hydrogens (tertiary/aromatic N) is 1. The van der Waals surface area contributed by atoms with E-state index in [1.54, 1.807) is 0 Å². The summed E-state index contributed by atoms with van der Waals surface area (Å²) < 4.78 is 0. The fourth-order valence-electron chi connectivity index (χ4n) is 3.32. The van der Waals surface area contributed by atoms with Gasteiger partial charge in [0.2, 0.25) is 0 Å². The lowest BCUT2D eigenvalue weighted by Gasteiger charge is -2.47. The first-order valence-electron chi connectivity index (χ1n) is 7.10. The van der Waals surface area contributed by atoms with Crippen LogP contribution in [-0.4, -0.2) is 41.1 Å². The molecule has 2 rings (SSSR count). The lowest BCUT2D eigenvalue weighted by molar-refractivity contribution is 0.0364. The first-order chi connectivity index (χ1) is 8.03. The summed E-state index contributed by atoms with van der Waals surface area (Å²) in [6.07, 6.45) is 5.31. The van der Waals surface area contributed by atoms with E-state index in [-0.39, 0.29) is 0 Å². The molecule has 0 amide bonds. The molecule has 2 saturated heterocycles. The molecular weight excluding hydrogens is 228 g/mol. The van der Waals surface area contributed by atoms with Gasteiger partial charge in [-0.25, -0.2) is 0 Å². The second-order valence-electron chi connectivity index (χ2n) is 6.41. The van der Waals surface area contributed by atoms with Crippen LogP contribution in [0.3, 0.4) is 0 Å². The molecule has 2 nitrogen and oxygen atoms in total. The van der Waals surface area contributed by atoms with Crippen LogP contribution in [0.15, 0.2) is 0 Å². The molecule has 2 fully saturated rings. The van der Waals surface area contributed by atoms with Gasteiger partial charge in [-0.05, 0) is 37.8 Å². The highest BCUT2D eigenvalue weighted by Gasteiger charge is 2.44. The fourth-order valence-corrected chi connectivity index (χ4v) is 4.76. The highest BCUT2D eigenvalue weighted by molar-refractivity contribution is 8.00. The van der Waals surface area contributed by atoms with E-state index in [1.165, 1.54) is 44.5 Å². The number of likely N-dealkylation sites (tertiary alicyclic amines) is 1. The molecule has 0 saturated carbocycles. The van der Waals surface area contributed by atoms with E-state index >= 15 is 0 Å². The van der Waals surface area contributed by atoms with Gasteiger partial charge >= 0.3 is 0 Å². The quantitative estimate of drug-likeness (QED) is 0.842. The highest BCUT2D eigenvalue weighted by atomic mass is 32.2. The third kappa shape index (κ3) is 2.66. The average molecular weight is 256 g/mol. The molecule has 0 aromatic rings. The number of rotatable bonds is 3. The van der Waals surface area contributed by atoms with E-state index < -0.39 is 0 Å². The summed E-state index contributed by atoms with van der Waals surface area (Å²) in [6.45, 7) is 10.5. The Bertz CT molecular complexity index is 261. The minimum absolute atomic E-state index is 0.319. The Kier molecular flexibility index (Phi) is 4.11. The molecule has 0 radical (unpaired) electrons. The van der Waals surface area contributed by atoms with Crippen LogP contribution in [-0.2, 0) is 0 Å². The predicted octanol–water partition coefficient (Wildman–Crippen LogP) is 2.72. The van der Waals surface area contributed by atoms with Crippen molar-refractivity contribution in [1.29, 1.82) is 0 Å². The molecule has 0 aromatic heterocycles. The van der Waals surface area contributed by atoms with Crippen molar-refractivity contribution >= 4 is 11.8 Å². The van der Waals surface area contributed by atoms with Crippen LogP contribution in [0.2, 0.25) is 0 Å². The lowest BCUT2D eigenvalue weighted by Crippen LogP contribution is -2.57. The van der Waals surface area contributed by atoms with E-state index in [2.05, 4.69) is 37.4 Å². The summed E-state index contributed by atoms with van der Waals surface area (Å²) in [5, 5.41) is 0.790. The molecule has 0 bridgehead atoms. The number of hydrogen-bond acceptors (Lipinski definition) is 3. The van der Waals surface area contributed by atoms with Crippen LogP contribution in [0, 0.1) is 5.41 Å². The fraction of sp³-hybridized carbons (Fsp3) is 1.00. The summed E-state index contributed by atoms with van der Waals surface area (Å²) in [6, 6.07) is 0. The van der Waals surface area contributed by atoms with Gasteiger partial charge in [-0.3, -0.25) is 4.90 Å². The van der Waals surface area contributed by atoms with Crippen LogP contribution in [0.4, 0.5) is 0 Å². The number of piperidine rings is 1. The topological polar surface area (TPSA) is 29.3 Å². The van der Waals surface area contributed by atoms with Gasteiger partial charge in [0.25, 0.3) is 0 Å². The molecular formula is C14H28N2S. The zero-order valence-corrected chi connectivity index (χ0v) is 12.5. The minimum Gasteiger partial charge on any atom is -0.329 e. The van der Waals surface area contributed by atoms with Crippen molar-refractivity contribution in [2.24, 2.45) is 11.1 Å². The summed E-state index contributed by atoms with van der Waals surface area (Å²) in [7, 11) is 0. The maximum absolute atomic E-state index is 6.11. The standard InChI is InChI=1S/C14H28N2S/c1-4-13(3)5-7-16(8-6-13)14(10-15)9-12(2)17-11-14/h12H,4-11,15H2,1-3H3. The van der Waals surface area contributed by atoms with E-state index in [1.807, 2.05) is 0 Å². The number of hydrogen-bond donors (Lipinski definition) is 1. The van der Waals surface area contributed by atoms with Gasteiger partial charge in [-0.1, -0.05) is 27.2 Å². The third-order valence-corrected chi connectivity index (χ3v) is 6.62. The Morgan fingerprint density at radius 2 is 2.00 bits per heavy atom. The van der Waals surface area contributed by atoms with Crippen molar-refractivity contribution < 1.29 is 0 Å². The maximum atomic E-state index is 6.11. The third-order valence-electron chi connectivity index (χ3n) is 5.18. The number of thioether (sulfide) groups is 1. The monoisotopic (exact) mass is 256 g/mol. The highest BCUT2D eigenvalue weighted by Crippen LogP contribution is 2.42. The molecule has 2 heterocycles. The first kappa shape index (κ1) is 13.7. The number of nitrogens with two attached hydrogens (primary N) is 1. The van der Waals surface area contributed by atoms with Crippen LogP contribution in [0.25, 0.3) is 0 Å². The van der Waals surface area contributed by atoms with Crippen molar-refractivity contribution in [1.82, 2.24) is 4.90 Å². The van der Waals surface area contributed by atoms with Crippen molar-refractivity contribution in [2.75, 3.05) is 25.4 Å². The Labute approximate surface area is 111 Å². The van der Waals surface area contributed by atoms with Crippen molar-refractivity contribution in [3.05, 3.63) is 0 Å². The summed E-state index contributed by atoms with van der Waals surface area (Å²) in [5.74, 6) is 1.24. The summed E-state index contributed by atoms with van der Waals surface area (Å²) in [4.78, 5) is 2.71. The largest absolute Gasteiger partial charge is 0.329 e. The molecule has 0 aliphatic carbocycles. The van der Waals surface area contributed by atoms with Crippen LogP contribution < -0.4 is 5.73 Å². The smallest absolute Gasteiger partial charge is 0.0432 e. The SMILES string of the molecule is CCC1(C)CCN(C2(CN)CSC(C)C2)CC1. The van der Waals surface area contributed by atoms with Gasteiger partial charge in [0, 0.05) is 23.1 Å². The molecule has 100 valence electrons. The van der Waals surface area contributed by atoms with E-state index in [0.29, 0.717) is 11.0 Å². The summed E-state index contributed by atoms with van der Waals surface area (Å²) in [5.41, 5.74) is 7.01. The zero-order valence-electron chi connectivity index (χ0n) is 11.7. The Morgan fingerprint density at radius 1 is 1.35 bits per heavy atom. The van der Waals surface area contributed by atoms with Crippen LogP contribution in [0.1, 0.15) is 46.5 Å². The molecule has 0 aromatic carbocycles. The first-order valence-corrected chi connectivity index (χ1v) is 8.15. The van der Waals surface area contributed by atoms with Crippen LogP contribution >= 0.6 is 11.8 Å². The minimum atomic E-state index is 0.319. The lowest BCUT2D eigenvalue weighted by atomic mass is 9.76. The second kappa shape index (κ2) is 5.10. The van der Waals surface area contributed by atoms with E-state index in [9.17, 15) is 0 Å². The second-order valence-corrected chi connectivity index (χ2v) is 7.83. The van der Waals surface area contributed by atoms with Gasteiger partial charge in [0.1, 0.15) is 0 Å². The Morgan fingerprint density at radius 3 is 2.41 bits per heavy atom. The molecule has 2 aliphatic rings. The maximum Gasteiger partial charge on any atom is 0.0432 e. The van der Waals surface area contributed by atoms with E-state index in [0.717, 1.165) is 11.8 Å². The van der Waals surface area contributed by atoms with Gasteiger partial charge in [0.05, 0.1) is 0 Å².